The van der Waals surface area contributed by atoms with Crippen LogP contribution >= 0.6 is 0 Å². The second-order valence-electron chi connectivity index (χ2n) is 7.49. The molecule has 0 bridgehead atoms. The van der Waals surface area contributed by atoms with Gasteiger partial charge in [-0.05, 0) is 12.1 Å². The maximum atomic E-state index is 13.0. The first-order valence-corrected chi connectivity index (χ1v) is 8.71. The van der Waals surface area contributed by atoms with Crippen LogP contribution in [0, 0.1) is 5.41 Å². The molecule has 0 radical (unpaired) electrons. The monoisotopic (exact) mass is 359 g/mol. The highest BCUT2D eigenvalue weighted by molar-refractivity contribution is 5.94. The molecule has 1 aromatic rings. The molecule has 1 spiro atoms. The Hall–Kier alpha value is -2.64. The molecule has 3 heterocycles. The second kappa shape index (κ2) is 6.93. The Morgan fingerprint density at radius 2 is 1.69 bits per heavy atom. The molecule has 26 heavy (non-hydrogen) atoms. The maximum Gasteiger partial charge on any atom is 0.319 e. The number of likely N-dealkylation sites (tertiary alicyclic amines) is 1. The van der Waals surface area contributed by atoms with Crippen molar-refractivity contribution in [2.75, 3.05) is 53.9 Å². The summed E-state index contributed by atoms with van der Waals surface area (Å²) < 4.78 is 0. The minimum absolute atomic E-state index is 0.0560. The summed E-state index contributed by atoms with van der Waals surface area (Å²) in [6.07, 6.45) is 3.53. The Labute approximate surface area is 153 Å². The number of aromatic nitrogens is 1. The Balaban J connectivity index is 1.88. The van der Waals surface area contributed by atoms with Gasteiger partial charge in [0, 0.05) is 83.7 Å². The smallest absolute Gasteiger partial charge is 0.319 e. The summed E-state index contributed by atoms with van der Waals surface area (Å²) in [7, 11) is 5.20. The molecule has 4 amide bonds. The third-order valence-corrected chi connectivity index (χ3v) is 5.08. The van der Waals surface area contributed by atoms with Crippen LogP contribution in [-0.4, -0.2) is 96.3 Å². The molecule has 140 valence electrons. The summed E-state index contributed by atoms with van der Waals surface area (Å²) in [4.78, 5) is 48.4. The van der Waals surface area contributed by atoms with Crippen LogP contribution in [0.5, 0.6) is 0 Å². The normalized spacial score (nSPS) is 23.3. The summed E-state index contributed by atoms with van der Waals surface area (Å²) in [5.41, 5.74) is 0.136. The molecule has 2 saturated heterocycles. The molecule has 2 aliphatic rings. The molecular formula is C18H25N5O3. The van der Waals surface area contributed by atoms with Gasteiger partial charge in [-0.2, -0.15) is 0 Å². The number of hydrogen-bond acceptors (Lipinski definition) is 4. The highest BCUT2D eigenvalue weighted by Crippen LogP contribution is 2.35. The van der Waals surface area contributed by atoms with E-state index in [0.717, 1.165) is 0 Å². The lowest BCUT2D eigenvalue weighted by molar-refractivity contribution is -0.126. The zero-order chi connectivity index (χ0) is 18.9. The van der Waals surface area contributed by atoms with Gasteiger partial charge in [-0.1, -0.05) is 0 Å². The Kier molecular flexibility index (Phi) is 4.84. The van der Waals surface area contributed by atoms with Crippen LogP contribution in [0.3, 0.4) is 0 Å². The predicted molar refractivity (Wildman–Crippen MR) is 95.5 cm³/mol. The summed E-state index contributed by atoms with van der Waals surface area (Å²) >= 11 is 0. The highest BCUT2D eigenvalue weighted by atomic mass is 16.2. The van der Waals surface area contributed by atoms with E-state index < -0.39 is 5.41 Å². The fourth-order valence-corrected chi connectivity index (χ4v) is 3.87. The van der Waals surface area contributed by atoms with Gasteiger partial charge in [-0.15, -0.1) is 0 Å². The topological polar surface area (TPSA) is 77.1 Å². The van der Waals surface area contributed by atoms with Crippen LogP contribution < -0.4 is 0 Å². The van der Waals surface area contributed by atoms with Crippen molar-refractivity contribution in [1.82, 2.24) is 24.6 Å². The molecular weight excluding hydrogens is 334 g/mol. The summed E-state index contributed by atoms with van der Waals surface area (Å²) in [5, 5.41) is 0. The van der Waals surface area contributed by atoms with E-state index in [2.05, 4.69) is 4.98 Å². The number of nitrogens with zero attached hydrogens (tertiary/aromatic N) is 5. The second-order valence-corrected chi connectivity index (χ2v) is 7.49. The van der Waals surface area contributed by atoms with Crippen LogP contribution in [0.25, 0.3) is 0 Å². The zero-order valence-electron chi connectivity index (χ0n) is 15.5. The number of rotatable bonds is 1. The number of hydrogen-bond donors (Lipinski definition) is 0. The van der Waals surface area contributed by atoms with E-state index in [4.69, 9.17) is 0 Å². The predicted octanol–water partition coefficient (Wildman–Crippen LogP) is 0.370. The van der Waals surface area contributed by atoms with E-state index in [1.165, 1.54) is 4.90 Å². The van der Waals surface area contributed by atoms with Gasteiger partial charge in [0.2, 0.25) is 5.91 Å². The van der Waals surface area contributed by atoms with Crippen LogP contribution in [-0.2, 0) is 4.79 Å². The SMILES string of the molecule is CN(C)C(=O)N1CCN(C(=O)c2ccncc2)C[C@]2(CC(=O)N(C)C2)C1. The standard InChI is InChI=1S/C18H25N5O3/c1-20(2)17(26)23-9-8-22(16(25)14-4-6-19-7-5-14)12-18(13-23)10-15(24)21(3)11-18/h4-7H,8-13H2,1-3H3/t18-/m1/s1. The lowest BCUT2D eigenvalue weighted by Gasteiger charge is -2.34. The van der Waals surface area contributed by atoms with E-state index in [9.17, 15) is 14.4 Å². The quantitative estimate of drug-likeness (QED) is 0.726. The van der Waals surface area contributed by atoms with Gasteiger partial charge < -0.3 is 19.6 Å². The van der Waals surface area contributed by atoms with Crippen molar-refractivity contribution < 1.29 is 14.4 Å². The van der Waals surface area contributed by atoms with Crippen molar-refractivity contribution in [3.8, 4) is 0 Å². The Bertz CT molecular complexity index is 708. The molecule has 2 fully saturated rings. The van der Waals surface area contributed by atoms with E-state index in [0.29, 0.717) is 44.7 Å². The fraction of sp³-hybridized carbons (Fsp3) is 0.556. The molecule has 0 aliphatic carbocycles. The van der Waals surface area contributed by atoms with Gasteiger partial charge in [0.25, 0.3) is 5.91 Å². The number of pyridine rings is 1. The van der Waals surface area contributed by atoms with Gasteiger partial charge in [-0.25, -0.2) is 4.79 Å². The van der Waals surface area contributed by atoms with Crippen molar-refractivity contribution >= 4 is 17.8 Å². The molecule has 1 aromatic heterocycles. The van der Waals surface area contributed by atoms with Gasteiger partial charge in [0.1, 0.15) is 0 Å². The molecule has 8 heteroatoms. The Morgan fingerprint density at radius 1 is 1.08 bits per heavy atom. The number of amides is 4. The summed E-state index contributed by atoms with van der Waals surface area (Å²) in [6.45, 7) is 2.37. The van der Waals surface area contributed by atoms with E-state index in [1.807, 2.05) is 0 Å². The summed E-state index contributed by atoms with van der Waals surface area (Å²) in [5.74, 6) is -0.0339. The molecule has 1 atom stereocenters. The first kappa shape index (κ1) is 18.2. The molecule has 8 nitrogen and oxygen atoms in total. The molecule has 0 aromatic carbocycles. The third kappa shape index (κ3) is 3.49. The third-order valence-electron chi connectivity index (χ3n) is 5.08. The zero-order valence-corrected chi connectivity index (χ0v) is 15.5. The fourth-order valence-electron chi connectivity index (χ4n) is 3.87. The van der Waals surface area contributed by atoms with Crippen molar-refractivity contribution in [3.05, 3.63) is 30.1 Å². The van der Waals surface area contributed by atoms with Gasteiger partial charge in [0.15, 0.2) is 0 Å². The van der Waals surface area contributed by atoms with Gasteiger partial charge >= 0.3 is 6.03 Å². The van der Waals surface area contributed by atoms with Gasteiger partial charge in [0.05, 0.1) is 0 Å². The number of carbonyl (C=O) groups excluding carboxylic acids is 3. The van der Waals surface area contributed by atoms with Crippen LogP contribution in [0.2, 0.25) is 0 Å². The molecule has 0 saturated carbocycles. The maximum absolute atomic E-state index is 13.0. The number of urea groups is 1. The first-order chi connectivity index (χ1) is 12.3. The van der Waals surface area contributed by atoms with E-state index in [-0.39, 0.29) is 17.8 Å². The van der Waals surface area contributed by atoms with Crippen LogP contribution in [0.1, 0.15) is 16.8 Å². The molecule has 2 aliphatic heterocycles. The number of carbonyl (C=O) groups is 3. The first-order valence-electron chi connectivity index (χ1n) is 8.71. The van der Waals surface area contributed by atoms with Crippen LogP contribution in [0.15, 0.2) is 24.5 Å². The minimum Gasteiger partial charge on any atom is -0.345 e. The largest absolute Gasteiger partial charge is 0.345 e. The molecule has 0 unspecified atom stereocenters. The average Bonchev–Trinajstić information content (AvgIpc) is 2.79. The van der Waals surface area contributed by atoms with Crippen molar-refractivity contribution in [3.63, 3.8) is 0 Å². The van der Waals surface area contributed by atoms with E-state index in [1.54, 1.807) is 60.4 Å². The lowest BCUT2D eigenvalue weighted by Crippen LogP contribution is -2.47. The Morgan fingerprint density at radius 3 is 2.27 bits per heavy atom. The minimum atomic E-state index is -0.434. The average molecular weight is 359 g/mol. The van der Waals surface area contributed by atoms with E-state index >= 15 is 0 Å². The lowest BCUT2D eigenvalue weighted by atomic mass is 9.86. The highest BCUT2D eigenvalue weighted by Gasteiger charge is 2.47. The molecule has 0 N–H and O–H groups in total. The van der Waals surface area contributed by atoms with Crippen molar-refractivity contribution in [2.45, 2.75) is 6.42 Å². The summed E-state index contributed by atoms with van der Waals surface area (Å²) in [6, 6.07) is 3.29. The van der Waals surface area contributed by atoms with Crippen molar-refractivity contribution in [2.24, 2.45) is 5.41 Å². The molecule has 3 rings (SSSR count). The van der Waals surface area contributed by atoms with Crippen LogP contribution in [0.4, 0.5) is 4.79 Å². The van der Waals surface area contributed by atoms with Crippen molar-refractivity contribution in [1.29, 1.82) is 0 Å². The van der Waals surface area contributed by atoms with Gasteiger partial charge in [-0.3, -0.25) is 14.6 Å².